The molecule has 2 atom stereocenters. The molecule has 2 saturated heterocycles. The second-order valence-electron chi connectivity index (χ2n) is 5.40. The zero-order chi connectivity index (χ0) is 14.1. The molecule has 2 aliphatic rings. The van der Waals surface area contributed by atoms with Crippen molar-refractivity contribution in [1.29, 1.82) is 0 Å². The minimum Gasteiger partial charge on any atom is -0.353 e. The number of hydrogen-bond donors (Lipinski definition) is 1. The Balaban J connectivity index is 1.70. The van der Waals surface area contributed by atoms with E-state index in [2.05, 4.69) is 10.3 Å². The Bertz CT molecular complexity index is 549. The zero-order valence-corrected chi connectivity index (χ0v) is 11.0. The van der Waals surface area contributed by atoms with E-state index in [1.54, 1.807) is 4.90 Å². The van der Waals surface area contributed by atoms with Crippen molar-refractivity contribution < 1.29 is 14.0 Å². The summed E-state index contributed by atoms with van der Waals surface area (Å²) in [6.07, 6.45) is 4.55. The second-order valence-corrected chi connectivity index (χ2v) is 5.40. The molecule has 0 aromatic carbocycles. The van der Waals surface area contributed by atoms with E-state index in [0.717, 1.165) is 19.0 Å². The maximum absolute atomic E-state index is 13.1. The third-order valence-corrected chi connectivity index (χ3v) is 4.06. The predicted molar refractivity (Wildman–Crippen MR) is 69.4 cm³/mol. The molecule has 0 aliphatic carbocycles. The van der Waals surface area contributed by atoms with Gasteiger partial charge in [0, 0.05) is 31.7 Å². The molecular weight excluding hydrogens is 261 g/mol. The normalized spacial score (nSPS) is 25.9. The molecule has 0 saturated carbocycles. The summed E-state index contributed by atoms with van der Waals surface area (Å²) in [7, 11) is 0. The van der Waals surface area contributed by atoms with Gasteiger partial charge in [-0.2, -0.15) is 0 Å². The van der Waals surface area contributed by atoms with E-state index < -0.39 is 5.82 Å². The predicted octanol–water partition coefficient (Wildman–Crippen LogP) is 0.961. The Morgan fingerprint density at radius 2 is 2.25 bits per heavy atom. The van der Waals surface area contributed by atoms with Gasteiger partial charge in [-0.15, -0.1) is 0 Å². The molecule has 106 valence electrons. The lowest BCUT2D eigenvalue weighted by molar-refractivity contribution is -0.125. The summed E-state index contributed by atoms with van der Waals surface area (Å²) >= 11 is 0. The molecule has 5 nitrogen and oxygen atoms in total. The van der Waals surface area contributed by atoms with E-state index >= 15 is 0 Å². The Morgan fingerprint density at radius 3 is 3.05 bits per heavy atom. The average molecular weight is 277 g/mol. The van der Waals surface area contributed by atoms with Gasteiger partial charge < -0.3 is 10.2 Å². The maximum atomic E-state index is 13.1. The molecule has 0 bridgehead atoms. The number of pyridine rings is 1. The van der Waals surface area contributed by atoms with E-state index in [4.69, 9.17) is 0 Å². The molecule has 3 heterocycles. The van der Waals surface area contributed by atoms with Crippen molar-refractivity contribution in [2.45, 2.75) is 25.3 Å². The van der Waals surface area contributed by atoms with Gasteiger partial charge >= 0.3 is 0 Å². The zero-order valence-electron chi connectivity index (χ0n) is 11.0. The summed E-state index contributed by atoms with van der Waals surface area (Å²) < 4.78 is 13.1. The van der Waals surface area contributed by atoms with Crippen molar-refractivity contribution in [2.24, 2.45) is 5.92 Å². The summed E-state index contributed by atoms with van der Waals surface area (Å²) in [6, 6.07) is 1.38. The SMILES string of the molecule is O=C1CCC2CN(C(=O)c3cncc(F)c3)CCC2N1. The molecule has 2 aliphatic heterocycles. The summed E-state index contributed by atoms with van der Waals surface area (Å²) in [6.45, 7) is 1.19. The lowest BCUT2D eigenvalue weighted by atomic mass is 9.85. The monoisotopic (exact) mass is 277 g/mol. The number of nitrogens with one attached hydrogen (secondary N) is 1. The van der Waals surface area contributed by atoms with Gasteiger partial charge in [-0.05, 0) is 24.8 Å². The van der Waals surface area contributed by atoms with Crippen LogP contribution >= 0.6 is 0 Å². The lowest BCUT2D eigenvalue weighted by Crippen LogP contribution is -2.55. The van der Waals surface area contributed by atoms with E-state index in [-0.39, 0.29) is 23.4 Å². The summed E-state index contributed by atoms with van der Waals surface area (Å²) in [5.74, 6) is -0.296. The van der Waals surface area contributed by atoms with Crippen LogP contribution in [0.15, 0.2) is 18.5 Å². The number of likely N-dealkylation sites (tertiary alicyclic amines) is 1. The Hall–Kier alpha value is -1.98. The number of aromatic nitrogens is 1. The lowest BCUT2D eigenvalue weighted by Gasteiger charge is -2.41. The third kappa shape index (κ3) is 2.50. The molecule has 1 aromatic heterocycles. The first-order valence-corrected chi connectivity index (χ1v) is 6.82. The van der Waals surface area contributed by atoms with E-state index in [9.17, 15) is 14.0 Å². The number of rotatable bonds is 1. The Morgan fingerprint density at radius 1 is 1.40 bits per heavy atom. The second kappa shape index (κ2) is 5.19. The molecule has 0 spiro atoms. The number of piperidine rings is 2. The van der Waals surface area contributed by atoms with Crippen LogP contribution in [0, 0.1) is 11.7 Å². The summed E-state index contributed by atoms with van der Waals surface area (Å²) in [4.78, 5) is 29.1. The number of nitrogens with zero attached hydrogens (tertiary/aromatic N) is 2. The maximum Gasteiger partial charge on any atom is 0.255 e. The van der Waals surface area contributed by atoms with Gasteiger partial charge in [0.1, 0.15) is 5.82 Å². The standard InChI is InChI=1S/C14H16FN3O2/c15-11-5-10(6-16-7-11)14(20)18-4-3-12-9(8-18)1-2-13(19)17-12/h5-7,9,12H,1-4,8H2,(H,17,19). The molecule has 1 N–H and O–H groups in total. The van der Waals surface area contributed by atoms with Crippen LogP contribution in [0.5, 0.6) is 0 Å². The summed E-state index contributed by atoms with van der Waals surface area (Å²) in [5.41, 5.74) is 0.281. The molecule has 6 heteroatoms. The number of fused-ring (bicyclic) bond motifs is 1. The van der Waals surface area contributed by atoms with Crippen molar-refractivity contribution in [3.8, 4) is 0 Å². The quantitative estimate of drug-likeness (QED) is 0.831. The third-order valence-electron chi connectivity index (χ3n) is 4.06. The van der Waals surface area contributed by atoms with Gasteiger partial charge in [-0.1, -0.05) is 0 Å². The minimum atomic E-state index is -0.504. The molecule has 3 rings (SSSR count). The fourth-order valence-electron chi connectivity index (χ4n) is 3.01. The van der Waals surface area contributed by atoms with Crippen LogP contribution in [0.25, 0.3) is 0 Å². The highest BCUT2D eigenvalue weighted by molar-refractivity contribution is 5.94. The number of carbonyl (C=O) groups excluding carboxylic acids is 2. The molecular formula is C14H16FN3O2. The van der Waals surface area contributed by atoms with Crippen molar-refractivity contribution >= 4 is 11.8 Å². The van der Waals surface area contributed by atoms with Crippen LogP contribution in [0.3, 0.4) is 0 Å². The number of halogens is 1. The van der Waals surface area contributed by atoms with Crippen molar-refractivity contribution in [3.05, 3.63) is 29.8 Å². The van der Waals surface area contributed by atoms with Crippen LogP contribution in [-0.4, -0.2) is 40.8 Å². The fourth-order valence-corrected chi connectivity index (χ4v) is 3.01. The van der Waals surface area contributed by atoms with Crippen LogP contribution in [-0.2, 0) is 4.79 Å². The van der Waals surface area contributed by atoms with E-state index in [0.29, 0.717) is 25.4 Å². The highest BCUT2D eigenvalue weighted by atomic mass is 19.1. The highest BCUT2D eigenvalue weighted by Gasteiger charge is 2.35. The van der Waals surface area contributed by atoms with Crippen LogP contribution in [0.2, 0.25) is 0 Å². The highest BCUT2D eigenvalue weighted by Crippen LogP contribution is 2.26. The minimum absolute atomic E-state index is 0.0976. The van der Waals surface area contributed by atoms with Gasteiger partial charge in [0.05, 0.1) is 11.8 Å². The van der Waals surface area contributed by atoms with Crippen LogP contribution in [0.4, 0.5) is 4.39 Å². The van der Waals surface area contributed by atoms with Crippen LogP contribution < -0.4 is 5.32 Å². The van der Waals surface area contributed by atoms with E-state index in [1.165, 1.54) is 12.3 Å². The number of amides is 2. The first-order chi connectivity index (χ1) is 9.63. The Kier molecular flexibility index (Phi) is 3.38. The van der Waals surface area contributed by atoms with Gasteiger partial charge in [0.15, 0.2) is 0 Å². The van der Waals surface area contributed by atoms with E-state index in [1.807, 2.05) is 0 Å². The number of carbonyl (C=O) groups is 2. The van der Waals surface area contributed by atoms with Crippen LogP contribution in [0.1, 0.15) is 29.6 Å². The first-order valence-electron chi connectivity index (χ1n) is 6.82. The van der Waals surface area contributed by atoms with Gasteiger partial charge in [-0.25, -0.2) is 4.39 Å². The topological polar surface area (TPSA) is 62.3 Å². The Labute approximate surface area is 116 Å². The van der Waals surface area contributed by atoms with Crippen molar-refractivity contribution in [1.82, 2.24) is 15.2 Å². The first kappa shape index (κ1) is 13.0. The number of hydrogen-bond acceptors (Lipinski definition) is 3. The van der Waals surface area contributed by atoms with Crippen molar-refractivity contribution in [2.75, 3.05) is 13.1 Å². The molecule has 1 aromatic rings. The molecule has 0 radical (unpaired) electrons. The van der Waals surface area contributed by atoms with Crippen molar-refractivity contribution in [3.63, 3.8) is 0 Å². The largest absolute Gasteiger partial charge is 0.353 e. The van der Waals surface area contributed by atoms with Gasteiger partial charge in [0.2, 0.25) is 5.91 Å². The van der Waals surface area contributed by atoms with Gasteiger partial charge in [0.25, 0.3) is 5.91 Å². The average Bonchev–Trinajstić information content (AvgIpc) is 2.46. The fraction of sp³-hybridized carbons (Fsp3) is 0.500. The molecule has 2 amide bonds. The van der Waals surface area contributed by atoms with Gasteiger partial charge in [-0.3, -0.25) is 14.6 Å². The summed E-state index contributed by atoms with van der Waals surface area (Å²) in [5, 5.41) is 2.98. The molecule has 2 unspecified atom stereocenters. The molecule has 20 heavy (non-hydrogen) atoms. The smallest absolute Gasteiger partial charge is 0.255 e. The molecule has 2 fully saturated rings.